The Bertz CT molecular complexity index is 890. The van der Waals surface area contributed by atoms with E-state index in [9.17, 15) is 14.0 Å². The molecule has 2 N–H and O–H groups in total. The number of nitrogens with zero attached hydrogens (tertiary/aromatic N) is 1. The Hall–Kier alpha value is -2.83. The smallest absolute Gasteiger partial charge is 0.407 e. The van der Waals surface area contributed by atoms with Gasteiger partial charge in [0.2, 0.25) is 0 Å². The first-order valence-electron chi connectivity index (χ1n) is 10.8. The molecule has 0 spiro atoms. The second kappa shape index (κ2) is 12.9. The molecule has 2 aromatic rings. The summed E-state index contributed by atoms with van der Waals surface area (Å²) in [6, 6.07) is 7.60. The number of amides is 2. The van der Waals surface area contributed by atoms with E-state index >= 15 is 0 Å². The van der Waals surface area contributed by atoms with Crippen molar-refractivity contribution in [1.29, 1.82) is 0 Å². The molecular weight excluding hydrogens is 409 g/mol. The highest BCUT2D eigenvalue weighted by Gasteiger charge is 2.18. The molecule has 1 aromatic carbocycles. The molecule has 6 nitrogen and oxygen atoms in total. The molecule has 0 atom stereocenters. The van der Waals surface area contributed by atoms with E-state index in [1.54, 1.807) is 0 Å². The molecule has 0 aliphatic carbocycles. The summed E-state index contributed by atoms with van der Waals surface area (Å²) in [5, 5.41) is 6.60. The van der Waals surface area contributed by atoms with Gasteiger partial charge in [0.1, 0.15) is 5.60 Å². The third-order valence-corrected chi connectivity index (χ3v) is 3.82. The van der Waals surface area contributed by atoms with Crippen molar-refractivity contribution in [2.75, 3.05) is 13.7 Å². The van der Waals surface area contributed by atoms with Crippen LogP contribution in [0.2, 0.25) is 0 Å². The number of carbonyl (C=O) groups is 2. The van der Waals surface area contributed by atoms with Gasteiger partial charge < -0.3 is 19.9 Å². The number of alkyl carbamates (subject to hydrolysis) is 1. The van der Waals surface area contributed by atoms with E-state index in [0.29, 0.717) is 25.8 Å². The topological polar surface area (TPSA) is 72.4 Å². The average Bonchev–Trinajstić information content (AvgIpc) is 3.10. The predicted molar refractivity (Wildman–Crippen MR) is 131 cm³/mol. The van der Waals surface area contributed by atoms with Crippen LogP contribution in [0.25, 0.3) is 10.9 Å². The molecule has 32 heavy (non-hydrogen) atoms. The van der Waals surface area contributed by atoms with Gasteiger partial charge in [-0.05, 0) is 65.3 Å². The van der Waals surface area contributed by atoms with Crippen LogP contribution >= 0.6 is 0 Å². The van der Waals surface area contributed by atoms with Crippen molar-refractivity contribution in [3.63, 3.8) is 0 Å². The van der Waals surface area contributed by atoms with Gasteiger partial charge in [0.05, 0.1) is 7.18 Å². The number of nitrogens with one attached hydrogen (secondary N) is 2. The fourth-order valence-corrected chi connectivity index (χ4v) is 2.78. The summed E-state index contributed by atoms with van der Waals surface area (Å²) in [4.78, 5) is 24.4. The van der Waals surface area contributed by atoms with Crippen LogP contribution in [0.5, 0.6) is 0 Å². The monoisotopic (exact) mass is 449 g/mol. The molecule has 7 heteroatoms. The molecule has 1 aromatic heterocycles. The van der Waals surface area contributed by atoms with E-state index in [1.807, 2.05) is 90.4 Å². The van der Waals surface area contributed by atoms with Crippen LogP contribution < -0.4 is 10.6 Å². The van der Waals surface area contributed by atoms with E-state index in [1.165, 1.54) is 0 Å². The van der Waals surface area contributed by atoms with Gasteiger partial charge in [-0.15, -0.1) is 0 Å². The average molecular weight is 450 g/mol. The van der Waals surface area contributed by atoms with Crippen LogP contribution in [0, 0.1) is 0 Å². The Morgan fingerprint density at radius 2 is 1.66 bits per heavy atom. The standard InChI is InChI=1S/C22H31N3O3.C2H6.CH3F/c1-15(13-23-20(27)28-22(5,6)7)14-25-12-11-16-17(9-8-10-18(16)25)19(26)24-21(2,3)4;2*1-2/h8-12H,1,13-14H2,2-7H3,(H,23,27)(H,24,26);1-2H3;1H3. The normalized spacial score (nSPS) is 10.8. The Morgan fingerprint density at radius 3 is 2.19 bits per heavy atom. The number of ether oxygens (including phenoxy) is 1. The largest absolute Gasteiger partial charge is 0.444 e. The van der Waals surface area contributed by atoms with Crippen LogP contribution in [0.15, 0.2) is 42.6 Å². The number of alkyl halides is 1. The second-order valence-corrected chi connectivity index (χ2v) is 8.99. The van der Waals surface area contributed by atoms with E-state index in [2.05, 4.69) is 17.2 Å². The lowest BCUT2D eigenvalue weighted by atomic mass is 10.1. The predicted octanol–water partition coefficient (Wildman–Crippen LogP) is 5.86. The highest BCUT2D eigenvalue weighted by molar-refractivity contribution is 6.06. The maximum absolute atomic E-state index is 12.6. The first-order chi connectivity index (χ1) is 14.9. The third kappa shape index (κ3) is 9.98. The number of fused-ring (bicyclic) bond motifs is 1. The van der Waals surface area contributed by atoms with Crippen LogP contribution in [-0.2, 0) is 11.3 Å². The lowest BCUT2D eigenvalue weighted by Gasteiger charge is -2.21. The van der Waals surface area contributed by atoms with Crippen molar-refractivity contribution in [2.24, 2.45) is 0 Å². The third-order valence-electron chi connectivity index (χ3n) is 3.82. The van der Waals surface area contributed by atoms with Crippen LogP contribution in [0.1, 0.15) is 65.7 Å². The minimum absolute atomic E-state index is 0.0960. The van der Waals surface area contributed by atoms with Crippen molar-refractivity contribution in [3.8, 4) is 0 Å². The van der Waals surface area contributed by atoms with E-state index in [4.69, 9.17) is 4.74 Å². The molecule has 0 saturated carbocycles. The van der Waals surface area contributed by atoms with Gasteiger partial charge >= 0.3 is 6.09 Å². The van der Waals surface area contributed by atoms with Gasteiger partial charge in [0.15, 0.2) is 0 Å². The highest BCUT2D eigenvalue weighted by Crippen LogP contribution is 2.22. The quantitative estimate of drug-likeness (QED) is 0.561. The molecule has 0 bridgehead atoms. The zero-order chi connectivity index (χ0) is 25.1. The van der Waals surface area contributed by atoms with Gasteiger partial charge in [0, 0.05) is 41.3 Å². The van der Waals surface area contributed by atoms with Gasteiger partial charge in [-0.1, -0.05) is 26.5 Å². The second-order valence-electron chi connectivity index (χ2n) is 8.99. The van der Waals surface area contributed by atoms with E-state index < -0.39 is 11.7 Å². The molecule has 0 unspecified atom stereocenters. The summed E-state index contributed by atoms with van der Waals surface area (Å²) in [5.74, 6) is -0.0960. The van der Waals surface area contributed by atoms with Crippen LogP contribution in [0.4, 0.5) is 9.18 Å². The van der Waals surface area contributed by atoms with Gasteiger partial charge in [-0.3, -0.25) is 9.18 Å². The number of hydrogen-bond acceptors (Lipinski definition) is 3. The summed E-state index contributed by atoms with van der Waals surface area (Å²) < 4.78 is 16.7. The maximum Gasteiger partial charge on any atom is 0.407 e. The number of halogens is 1. The maximum atomic E-state index is 12.6. The van der Waals surface area contributed by atoms with Crippen molar-refractivity contribution in [2.45, 2.75) is 73.1 Å². The summed E-state index contributed by atoms with van der Waals surface area (Å²) in [6.07, 6.45) is 1.46. The molecule has 2 amide bonds. The molecule has 0 aliphatic heterocycles. The summed E-state index contributed by atoms with van der Waals surface area (Å²) in [7, 11) is 0.500. The van der Waals surface area contributed by atoms with Gasteiger partial charge in [-0.2, -0.15) is 0 Å². The lowest BCUT2D eigenvalue weighted by Crippen LogP contribution is -2.40. The summed E-state index contributed by atoms with van der Waals surface area (Å²) in [5.41, 5.74) is 1.58. The van der Waals surface area contributed by atoms with Gasteiger partial charge in [0.25, 0.3) is 5.91 Å². The summed E-state index contributed by atoms with van der Waals surface area (Å²) in [6.45, 7) is 20.2. The lowest BCUT2D eigenvalue weighted by molar-refractivity contribution is 0.0532. The minimum atomic E-state index is -0.536. The molecule has 0 saturated heterocycles. The van der Waals surface area contributed by atoms with Crippen LogP contribution in [-0.4, -0.2) is 41.4 Å². The van der Waals surface area contributed by atoms with E-state index in [-0.39, 0.29) is 11.4 Å². The number of benzene rings is 1. The number of rotatable bonds is 5. The Kier molecular flexibility index (Phi) is 11.7. The molecule has 2 rings (SSSR count). The molecule has 0 aliphatic rings. The van der Waals surface area contributed by atoms with Crippen molar-refractivity contribution in [3.05, 3.63) is 48.2 Å². The van der Waals surface area contributed by atoms with Gasteiger partial charge in [-0.25, -0.2) is 4.79 Å². The molecule has 0 fully saturated rings. The fourth-order valence-electron chi connectivity index (χ4n) is 2.78. The number of aromatic nitrogens is 1. The highest BCUT2D eigenvalue weighted by atomic mass is 19.1. The molecule has 0 radical (unpaired) electrons. The Labute approximate surface area is 192 Å². The van der Waals surface area contributed by atoms with Crippen molar-refractivity contribution in [1.82, 2.24) is 15.2 Å². The van der Waals surface area contributed by atoms with Crippen LogP contribution in [0.3, 0.4) is 0 Å². The zero-order valence-corrected chi connectivity index (χ0v) is 21.1. The Morgan fingerprint density at radius 1 is 1.06 bits per heavy atom. The van der Waals surface area contributed by atoms with Crippen molar-refractivity contribution >= 4 is 22.9 Å². The first-order valence-corrected chi connectivity index (χ1v) is 10.8. The minimum Gasteiger partial charge on any atom is -0.444 e. The zero-order valence-electron chi connectivity index (χ0n) is 21.1. The number of hydrogen-bond donors (Lipinski definition) is 2. The molecule has 180 valence electrons. The number of carbonyl (C=O) groups excluding carboxylic acids is 2. The molecule has 1 heterocycles. The van der Waals surface area contributed by atoms with E-state index in [0.717, 1.165) is 16.5 Å². The summed E-state index contributed by atoms with van der Waals surface area (Å²) >= 11 is 0. The first kappa shape index (κ1) is 29.2. The SMILES string of the molecule is C=C(CNC(=O)OC(C)(C)C)Cn1ccc2c(C(=O)NC(C)(C)C)cccc21.CC.CF. The Balaban J connectivity index is 0.00000227. The fraction of sp³-hybridized carbons (Fsp3) is 0.520. The van der Waals surface area contributed by atoms with Crippen molar-refractivity contribution < 1.29 is 18.7 Å². The molecular formula is C25H40FN3O3.